The van der Waals surface area contributed by atoms with Crippen LogP contribution in [0.5, 0.6) is 0 Å². The lowest BCUT2D eigenvalue weighted by atomic mass is 10.1. The quantitative estimate of drug-likeness (QED) is 0.435. The van der Waals surface area contributed by atoms with E-state index in [0.717, 1.165) is 22.4 Å². The van der Waals surface area contributed by atoms with Crippen molar-refractivity contribution in [2.45, 2.75) is 0 Å². The Kier molecular flexibility index (Phi) is 4.05. The van der Waals surface area contributed by atoms with Gasteiger partial charge in [-0.25, -0.2) is 5.10 Å². The second-order valence-corrected chi connectivity index (χ2v) is 5.73. The number of aromatic amines is 2. The van der Waals surface area contributed by atoms with Crippen LogP contribution in [0.3, 0.4) is 0 Å². The van der Waals surface area contributed by atoms with Gasteiger partial charge in [-0.3, -0.25) is 5.10 Å². The Labute approximate surface area is 148 Å². The van der Waals surface area contributed by atoms with Gasteiger partial charge in [-0.1, -0.05) is 60.7 Å². The summed E-state index contributed by atoms with van der Waals surface area (Å²) in [4.78, 5) is 0. The minimum absolute atomic E-state index is 0.430. The van der Waals surface area contributed by atoms with E-state index in [1.54, 1.807) is 17.1 Å². The normalized spacial score (nSPS) is 11.2. The van der Waals surface area contributed by atoms with E-state index < -0.39 is 0 Å². The summed E-state index contributed by atoms with van der Waals surface area (Å²) in [6, 6.07) is 19.8. The maximum atomic E-state index is 5.30. The Morgan fingerprint density at radius 3 is 2.32 bits per heavy atom. The lowest BCUT2D eigenvalue weighted by Gasteiger charge is -2.01. The minimum atomic E-state index is 0.430. The second-order valence-electron chi connectivity index (χ2n) is 5.34. The fourth-order valence-electron chi connectivity index (χ4n) is 2.52. The van der Waals surface area contributed by atoms with E-state index in [4.69, 9.17) is 12.2 Å². The molecule has 0 radical (unpaired) electrons. The van der Waals surface area contributed by atoms with E-state index in [9.17, 15) is 0 Å². The first-order chi connectivity index (χ1) is 12.3. The first-order valence-electron chi connectivity index (χ1n) is 7.69. The maximum absolute atomic E-state index is 5.30. The van der Waals surface area contributed by atoms with Crippen molar-refractivity contribution in [1.29, 1.82) is 0 Å². The summed E-state index contributed by atoms with van der Waals surface area (Å²) in [7, 11) is 0. The van der Waals surface area contributed by atoms with Gasteiger partial charge in [-0.15, -0.1) is 0 Å². The highest BCUT2D eigenvalue weighted by Gasteiger charge is 2.09. The number of nitrogens with one attached hydrogen (secondary N) is 2. The average molecular weight is 346 g/mol. The third-order valence-corrected chi connectivity index (χ3v) is 3.99. The molecule has 0 fully saturated rings. The Bertz CT molecular complexity index is 1060. The van der Waals surface area contributed by atoms with Crippen LogP contribution in [0.25, 0.3) is 22.6 Å². The van der Waals surface area contributed by atoms with Gasteiger partial charge in [-0.2, -0.15) is 20.0 Å². The molecule has 0 aliphatic carbocycles. The first-order valence-corrected chi connectivity index (χ1v) is 8.10. The molecule has 2 aromatic heterocycles. The lowest BCUT2D eigenvalue weighted by molar-refractivity contribution is 0.872. The summed E-state index contributed by atoms with van der Waals surface area (Å²) < 4.78 is 2.03. The molecule has 0 saturated heterocycles. The van der Waals surface area contributed by atoms with Crippen molar-refractivity contribution in [3.63, 3.8) is 0 Å². The molecule has 0 amide bonds. The minimum Gasteiger partial charge on any atom is -0.277 e. The van der Waals surface area contributed by atoms with Gasteiger partial charge in [0.2, 0.25) is 4.77 Å². The molecular formula is C18H14N6S. The molecule has 0 bridgehead atoms. The van der Waals surface area contributed by atoms with Crippen molar-refractivity contribution in [1.82, 2.24) is 25.1 Å². The third kappa shape index (κ3) is 3.05. The fraction of sp³-hybridized carbons (Fsp3) is 0. The molecule has 0 unspecified atom stereocenters. The summed E-state index contributed by atoms with van der Waals surface area (Å²) in [5.74, 6) is 0.659. The van der Waals surface area contributed by atoms with Crippen LogP contribution in [0.15, 0.2) is 72.0 Å². The van der Waals surface area contributed by atoms with E-state index >= 15 is 0 Å². The van der Waals surface area contributed by atoms with Crippen LogP contribution in [0.2, 0.25) is 0 Å². The van der Waals surface area contributed by atoms with E-state index in [1.165, 1.54) is 0 Å². The second kappa shape index (κ2) is 6.66. The highest BCUT2D eigenvalue weighted by atomic mass is 32.1. The number of benzene rings is 2. The van der Waals surface area contributed by atoms with Crippen LogP contribution >= 0.6 is 12.2 Å². The van der Waals surface area contributed by atoms with Crippen LogP contribution in [-0.4, -0.2) is 31.3 Å². The number of aromatic nitrogens is 5. The van der Waals surface area contributed by atoms with Crippen molar-refractivity contribution < 1.29 is 0 Å². The number of rotatable bonds is 4. The van der Waals surface area contributed by atoms with Gasteiger partial charge in [0, 0.05) is 16.7 Å². The molecule has 0 atom stereocenters. The van der Waals surface area contributed by atoms with Crippen molar-refractivity contribution in [2.24, 2.45) is 5.10 Å². The largest absolute Gasteiger partial charge is 0.277 e. The van der Waals surface area contributed by atoms with Gasteiger partial charge in [0.25, 0.3) is 0 Å². The molecule has 2 aromatic carbocycles. The summed E-state index contributed by atoms with van der Waals surface area (Å²) in [6.45, 7) is 0. The van der Waals surface area contributed by atoms with Crippen LogP contribution in [0.1, 0.15) is 5.56 Å². The zero-order valence-corrected chi connectivity index (χ0v) is 13.9. The standard InChI is InChI=1S/C18H14N6S/c25-18-23-22-17(14-9-5-2-6-10-14)24(18)20-12-15-11-19-21-16(15)13-7-3-1-4-8-13/h1-12H,(H,19,21)(H,23,25)/b20-12+. The van der Waals surface area contributed by atoms with E-state index in [0.29, 0.717) is 10.6 Å². The average Bonchev–Trinajstić information content (AvgIpc) is 3.28. The molecule has 0 aliphatic heterocycles. The molecule has 0 aliphatic rings. The van der Waals surface area contributed by atoms with Crippen molar-refractivity contribution >= 4 is 18.4 Å². The van der Waals surface area contributed by atoms with Crippen molar-refractivity contribution in [3.05, 3.63) is 77.2 Å². The smallest absolute Gasteiger partial charge is 0.216 e. The Balaban J connectivity index is 1.72. The fourth-order valence-corrected chi connectivity index (χ4v) is 2.70. The Morgan fingerprint density at radius 1 is 0.920 bits per heavy atom. The SMILES string of the molecule is S=c1[nH]nc(-c2ccccc2)n1/N=C/c1cn[nH]c1-c1ccccc1. The predicted octanol–water partition coefficient (Wildman–Crippen LogP) is 3.88. The molecule has 2 N–H and O–H groups in total. The van der Waals surface area contributed by atoms with Crippen LogP contribution < -0.4 is 0 Å². The van der Waals surface area contributed by atoms with Gasteiger partial charge >= 0.3 is 0 Å². The van der Waals surface area contributed by atoms with Gasteiger partial charge in [0.05, 0.1) is 18.1 Å². The summed E-state index contributed by atoms with van der Waals surface area (Å²) in [5.41, 5.74) is 3.75. The third-order valence-electron chi connectivity index (χ3n) is 3.73. The summed E-state index contributed by atoms with van der Waals surface area (Å²) in [6.07, 6.45) is 3.46. The molecule has 2 heterocycles. The van der Waals surface area contributed by atoms with Gasteiger partial charge in [0.15, 0.2) is 5.82 Å². The van der Waals surface area contributed by atoms with Crippen molar-refractivity contribution in [3.8, 4) is 22.6 Å². The highest BCUT2D eigenvalue weighted by Crippen LogP contribution is 2.20. The lowest BCUT2D eigenvalue weighted by Crippen LogP contribution is -1.95. The van der Waals surface area contributed by atoms with E-state index in [-0.39, 0.29) is 0 Å². The molecule has 25 heavy (non-hydrogen) atoms. The van der Waals surface area contributed by atoms with E-state index in [2.05, 4.69) is 25.5 Å². The molecule has 122 valence electrons. The van der Waals surface area contributed by atoms with Gasteiger partial charge in [-0.05, 0) is 12.2 Å². The van der Waals surface area contributed by atoms with Crippen LogP contribution in [-0.2, 0) is 0 Å². The Morgan fingerprint density at radius 2 is 1.60 bits per heavy atom. The van der Waals surface area contributed by atoms with Crippen LogP contribution in [0, 0.1) is 4.77 Å². The summed E-state index contributed by atoms with van der Waals surface area (Å²) >= 11 is 5.30. The number of hydrogen-bond donors (Lipinski definition) is 2. The number of nitrogens with zero attached hydrogens (tertiary/aromatic N) is 4. The molecule has 0 saturated carbocycles. The molecule has 4 rings (SSSR count). The molecule has 0 spiro atoms. The highest BCUT2D eigenvalue weighted by molar-refractivity contribution is 7.71. The van der Waals surface area contributed by atoms with Gasteiger partial charge < -0.3 is 0 Å². The van der Waals surface area contributed by atoms with Crippen LogP contribution in [0.4, 0.5) is 0 Å². The zero-order valence-electron chi connectivity index (χ0n) is 13.1. The Hall–Kier alpha value is -3.32. The first kappa shape index (κ1) is 15.2. The molecule has 6 nitrogen and oxygen atoms in total. The predicted molar refractivity (Wildman–Crippen MR) is 99.9 cm³/mol. The summed E-state index contributed by atoms with van der Waals surface area (Å²) in [5, 5.41) is 18.7. The number of hydrogen-bond acceptors (Lipinski definition) is 4. The molecular weight excluding hydrogens is 332 g/mol. The van der Waals surface area contributed by atoms with E-state index in [1.807, 2.05) is 60.7 Å². The zero-order chi connectivity index (χ0) is 17.1. The number of H-pyrrole nitrogens is 2. The van der Waals surface area contributed by atoms with Gasteiger partial charge in [0.1, 0.15) is 0 Å². The van der Waals surface area contributed by atoms with Crippen molar-refractivity contribution in [2.75, 3.05) is 0 Å². The topological polar surface area (TPSA) is 74.7 Å². The maximum Gasteiger partial charge on any atom is 0.216 e. The molecule has 7 heteroatoms. The molecule has 4 aromatic rings. The monoisotopic (exact) mass is 346 g/mol.